The minimum absolute atomic E-state index is 0.0801. The van der Waals surface area contributed by atoms with Gasteiger partial charge in [0.25, 0.3) is 5.69 Å². The van der Waals surface area contributed by atoms with Gasteiger partial charge < -0.3 is 10.3 Å². The van der Waals surface area contributed by atoms with Gasteiger partial charge in [0.15, 0.2) is 0 Å². The van der Waals surface area contributed by atoms with Crippen molar-refractivity contribution in [2.45, 2.75) is 19.8 Å². The van der Waals surface area contributed by atoms with E-state index in [-0.39, 0.29) is 22.7 Å². The summed E-state index contributed by atoms with van der Waals surface area (Å²) in [6, 6.07) is 10.9. The topological polar surface area (TPSA) is 96.0 Å². The number of phenolic OH excluding ortho intramolecular Hbond substituents is 1. The largest absolute Gasteiger partial charge is 0.507 e. The monoisotopic (exact) mass is 300 g/mol. The van der Waals surface area contributed by atoms with Gasteiger partial charge in [0.1, 0.15) is 11.5 Å². The summed E-state index contributed by atoms with van der Waals surface area (Å²) < 4.78 is 0. The molecular weight excluding hydrogens is 284 g/mol. The second-order valence-corrected chi connectivity index (χ2v) is 5.18. The van der Waals surface area contributed by atoms with Gasteiger partial charge in [-0.3, -0.25) is 10.1 Å². The zero-order chi connectivity index (χ0) is 16.3. The number of nitro groups is 1. The maximum Gasteiger partial charge on any atom is 0.270 e. The Balaban J connectivity index is 2.49. The summed E-state index contributed by atoms with van der Waals surface area (Å²) in [5.41, 5.74) is 1.67. The number of nitro benzene ring substituents is 1. The molecule has 0 aliphatic heterocycles. The van der Waals surface area contributed by atoms with Crippen LogP contribution < -0.4 is 0 Å². The Morgan fingerprint density at radius 1 is 1.18 bits per heavy atom. The molecule has 0 fully saturated rings. The van der Waals surface area contributed by atoms with Gasteiger partial charge in [0.05, 0.1) is 10.5 Å². The summed E-state index contributed by atoms with van der Waals surface area (Å²) in [6.45, 7) is 4.12. The molecule has 2 N–H and O–H groups in total. The number of rotatable bonds is 4. The lowest BCUT2D eigenvalue weighted by Crippen LogP contribution is -2.05. The zero-order valence-electron chi connectivity index (χ0n) is 12.2. The van der Waals surface area contributed by atoms with Gasteiger partial charge >= 0.3 is 0 Å². The number of oxime groups is 1. The molecule has 114 valence electrons. The molecule has 0 aromatic heterocycles. The van der Waals surface area contributed by atoms with Crippen LogP contribution in [0.15, 0.2) is 47.6 Å². The van der Waals surface area contributed by atoms with Crippen LogP contribution in [0.3, 0.4) is 0 Å². The standard InChI is InChI=1S/C16H16N2O4/c1-10(2)11-3-5-12(6-4-11)16(17-20)14-9-13(18(21)22)7-8-15(14)19/h3-10,19-20H,1-2H3. The van der Waals surface area contributed by atoms with E-state index in [1.807, 2.05) is 12.1 Å². The average Bonchev–Trinajstić information content (AvgIpc) is 2.50. The highest BCUT2D eigenvalue weighted by atomic mass is 16.6. The minimum atomic E-state index is -0.570. The van der Waals surface area contributed by atoms with Crippen LogP contribution in [0.25, 0.3) is 0 Å². The molecule has 0 spiro atoms. The average molecular weight is 300 g/mol. The zero-order valence-corrected chi connectivity index (χ0v) is 12.2. The molecule has 0 bridgehead atoms. The lowest BCUT2D eigenvalue weighted by molar-refractivity contribution is -0.384. The molecule has 0 heterocycles. The number of benzene rings is 2. The van der Waals surface area contributed by atoms with Crippen LogP contribution in [-0.4, -0.2) is 20.9 Å². The summed E-state index contributed by atoms with van der Waals surface area (Å²) >= 11 is 0. The van der Waals surface area contributed by atoms with Crippen molar-refractivity contribution in [2.75, 3.05) is 0 Å². The van der Waals surface area contributed by atoms with E-state index < -0.39 is 4.92 Å². The summed E-state index contributed by atoms with van der Waals surface area (Å²) in [4.78, 5) is 10.3. The molecule has 2 aromatic carbocycles. The first kappa shape index (κ1) is 15.5. The second-order valence-electron chi connectivity index (χ2n) is 5.18. The first-order chi connectivity index (χ1) is 10.4. The fourth-order valence-electron chi connectivity index (χ4n) is 2.12. The quantitative estimate of drug-likeness (QED) is 0.390. The van der Waals surface area contributed by atoms with Crippen molar-refractivity contribution in [3.8, 4) is 5.75 Å². The number of non-ortho nitro benzene ring substituents is 1. The first-order valence-corrected chi connectivity index (χ1v) is 6.74. The Hall–Kier alpha value is -2.89. The van der Waals surface area contributed by atoms with E-state index >= 15 is 0 Å². The highest BCUT2D eigenvalue weighted by Crippen LogP contribution is 2.26. The molecule has 0 saturated heterocycles. The Labute approximate surface area is 127 Å². The van der Waals surface area contributed by atoms with E-state index in [0.717, 1.165) is 5.56 Å². The molecule has 2 rings (SSSR count). The summed E-state index contributed by atoms with van der Waals surface area (Å²) in [6.07, 6.45) is 0. The fraction of sp³-hybridized carbons (Fsp3) is 0.188. The van der Waals surface area contributed by atoms with Crippen LogP contribution in [0.5, 0.6) is 5.75 Å². The van der Waals surface area contributed by atoms with Crippen LogP contribution in [0, 0.1) is 10.1 Å². The van der Waals surface area contributed by atoms with Gasteiger partial charge in [-0.1, -0.05) is 43.3 Å². The fourth-order valence-corrected chi connectivity index (χ4v) is 2.12. The number of nitrogens with zero attached hydrogens (tertiary/aromatic N) is 2. The normalized spacial score (nSPS) is 11.7. The van der Waals surface area contributed by atoms with Crippen LogP contribution >= 0.6 is 0 Å². The van der Waals surface area contributed by atoms with Gasteiger partial charge in [0, 0.05) is 17.7 Å². The lowest BCUT2D eigenvalue weighted by Gasteiger charge is -2.09. The van der Waals surface area contributed by atoms with Gasteiger partial charge in [-0.25, -0.2) is 0 Å². The minimum Gasteiger partial charge on any atom is -0.507 e. The smallest absolute Gasteiger partial charge is 0.270 e. The van der Waals surface area contributed by atoms with Crippen molar-refractivity contribution in [1.82, 2.24) is 0 Å². The van der Waals surface area contributed by atoms with Crippen molar-refractivity contribution < 1.29 is 15.2 Å². The summed E-state index contributed by atoms with van der Waals surface area (Å²) in [5, 5.41) is 33.2. The maximum absolute atomic E-state index is 10.9. The highest BCUT2D eigenvalue weighted by Gasteiger charge is 2.17. The highest BCUT2D eigenvalue weighted by molar-refractivity contribution is 6.14. The molecule has 0 aliphatic carbocycles. The maximum atomic E-state index is 10.9. The van der Waals surface area contributed by atoms with Crippen LogP contribution in [0.1, 0.15) is 36.5 Å². The molecule has 0 unspecified atom stereocenters. The number of hydrogen-bond acceptors (Lipinski definition) is 5. The summed E-state index contributed by atoms with van der Waals surface area (Å²) in [7, 11) is 0. The van der Waals surface area contributed by atoms with E-state index in [9.17, 15) is 20.4 Å². The third kappa shape index (κ3) is 3.06. The molecule has 0 atom stereocenters. The predicted molar refractivity (Wildman–Crippen MR) is 82.7 cm³/mol. The molecule has 0 saturated carbocycles. The Morgan fingerprint density at radius 2 is 1.82 bits per heavy atom. The van der Waals surface area contributed by atoms with E-state index in [4.69, 9.17) is 0 Å². The molecule has 0 amide bonds. The lowest BCUT2D eigenvalue weighted by atomic mass is 9.97. The predicted octanol–water partition coefficient (Wildman–Crippen LogP) is 3.65. The summed E-state index contributed by atoms with van der Waals surface area (Å²) in [5.74, 6) is 0.168. The number of aromatic hydroxyl groups is 1. The molecule has 0 aliphatic rings. The SMILES string of the molecule is CC(C)c1ccc(C(=NO)c2cc([N+](=O)[O-])ccc2O)cc1. The molecule has 6 nitrogen and oxygen atoms in total. The van der Waals surface area contributed by atoms with E-state index in [2.05, 4.69) is 19.0 Å². The number of hydrogen-bond donors (Lipinski definition) is 2. The molecule has 22 heavy (non-hydrogen) atoms. The van der Waals surface area contributed by atoms with Gasteiger partial charge in [-0.2, -0.15) is 0 Å². The van der Waals surface area contributed by atoms with Crippen molar-refractivity contribution in [3.63, 3.8) is 0 Å². The molecule has 2 aromatic rings. The first-order valence-electron chi connectivity index (χ1n) is 6.74. The third-order valence-corrected chi connectivity index (χ3v) is 3.40. The second kappa shape index (κ2) is 6.26. The van der Waals surface area contributed by atoms with Crippen LogP contribution in [-0.2, 0) is 0 Å². The van der Waals surface area contributed by atoms with Gasteiger partial charge in [-0.05, 0) is 17.5 Å². The number of phenols is 1. The van der Waals surface area contributed by atoms with E-state index in [1.54, 1.807) is 12.1 Å². The molecule has 6 heteroatoms. The van der Waals surface area contributed by atoms with Crippen molar-refractivity contribution in [3.05, 3.63) is 69.3 Å². The van der Waals surface area contributed by atoms with Crippen molar-refractivity contribution >= 4 is 11.4 Å². The van der Waals surface area contributed by atoms with E-state index in [0.29, 0.717) is 11.5 Å². The Morgan fingerprint density at radius 3 is 2.32 bits per heavy atom. The Bertz CT molecular complexity index is 721. The van der Waals surface area contributed by atoms with Crippen molar-refractivity contribution in [1.29, 1.82) is 0 Å². The Kier molecular flexibility index (Phi) is 4.41. The molecule has 0 radical (unpaired) electrons. The third-order valence-electron chi connectivity index (χ3n) is 3.40. The van der Waals surface area contributed by atoms with Crippen LogP contribution in [0.4, 0.5) is 5.69 Å². The van der Waals surface area contributed by atoms with E-state index in [1.165, 1.54) is 18.2 Å². The van der Waals surface area contributed by atoms with Gasteiger partial charge in [0.2, 0.25) is 0 Å². The molecular formula is C16H16N2O4. The van der Waals surface area contributed by atoms with Crippen LogP contribution in [0.2, 0.25) is 0 Å². The van der Waals surface area contributed by atoms with Crippen molar-refractivity contribution in [2.24, 2.45) is 5.16 Å². The van der Waals surface area contributed by atoms with Gasteiger partial charge in [-0.15, -0.1) is 0 Å².